The SMILES string of the molecule is c1cc([S+](c2ccc(C3CCCCCCCCC3)cc2)c2ccc(C3CCCCCCCCC3)cc2)ccc1C1CCCCCCCCC1.c1ccc([S+](c2ccc(C3CCCCCCCCC3)cc2)c2ccc(C3CCCCCCCCC3)cc2)cc1. The van der Waals surface area contributed by atoms with E-state index in [0.717, 1.165) is 29.6 Å². The van der Waals surface area contributed by atoms with Crippen LogP contribution < -0.4 is 0 Å². The van der Waals surface area contributed by atoms with Gasteiger partial charge in [-0.05, 0) is 194 Å². The first kappa shape index (κ1) is 66.9. The molecule has 6 aromatic carbocycles. The molecule has 0 amide bonds. The van der Waals surface area contributed by atoms with E-state index in [1.165, 1.54) is 318 Å². The lowest BCUT2D eigenvalue weighted by Gasteiger charge is -2.20. The van der Waals surface area contributed by atoms with Crippen molar-refractivity contribution < 1.29 is 0 Å². The summed E-state index contributed by atoms with van der Waals surface area (Å²) in [6, 6.07) is 61.2. The Morgan fingerprint density at radius 3 is 0.443 bits per heavy atom. The van der Waals surface area contributed by atoms with Gasteiger partial charge in [0, 0.05) is 0 Å². The first-order valence-electron chi connectivity index (χ1n) is 37.8. The van der Waals surface area contributed by atoms with Crippen molar-refractivity contribution in [2.45, 2.75) is 348 Å². The highest BCUT2D eigenvalue weighted by Crippen LogP contribution is 2.41. The van der Waals surface area contributed by atoms with Crippen LogP contribution in [0.2, 0.25) is 0 Å². The monoisotopic (exact) mass is 1220 g/mol. The van der Waals surface area contributed by atoms with Crippen molar-refractivity contribution in [3.05, 3.63) is 179 Å². The molecular weight excluding hydrogens is 1100 g/mol. The quantitative estimate of drug-likeness (QED) is 0.113. The van der Waals surface area contributed by atoms with Crippen LogP contribution in [-0.4, -0.2) is 0 Å². The van der Waals surface area contributed by atoms with Gasteiger partial charge in [0.2, 0.25) is 0 Å². The van der Waals surface area contributed by atoms with Gasteiger partial charge in [-0.25, -0.2) is 0 Å². The van der Waals surface area contributed by atoms with Crippen molar-refractivity contribution in [3.63, 3.8) is 0 Å². The van der Waals surface area contributed by atoms with E-state index in [0.29, 0.717) is 0 Å². The minimum atomic E-state index is -0.0881. The van der Waals surface area contributed by atoms with Crippen LogP contribution in [0.1, 0.15) is 346 Å². The molecule has 5 saturated carbocycles. The maximum Gasteiger partial charge on any atom is 0.166 e. The van der Waals surface area contributed by atoms with E-state index >= 15 is 0 Å². The first-order chi connectivity index (χ1) is 43.7. The summed E-state index contributed by atoms with van der Waals surface area (Å²) in [6.07, 6.45) is 63.5. The number of hydrogen-bond acceptors (Lipinski definition) is 0. The molecule has 0 aromatic heterocycles. The van der Waals surface area contributed by atoms with E-state index in [1.54, 1.807) is 27.8 Å². The average Bonchev–Trinajstić information content (AvgIpc) is 3.32. The Balaban J connectivity index is 0.000000199. The molecule has 0 saturated heterocycles. The van der Waals surface area contributed by atoms with E-state index < -0.39 is 0 Å². The van der Waals surface area contributed by atoms with Crippen LogP contribution in [0.3, 0.4) is 0 Å². The van der Waals surface area contributed by atoms with Gasteiger partial charge in [-0.1, -0.05) is 304 Å². The third kappa shape index (κ3) is 21.6. The summed E-state index contributed by atoms with van der Waals surface area (Å²) in [5, 5.41) is 0. The summed E-state index contributed by atoms with van der Waals surface area (Å²) < 4.78 is 0. The lowest BCUT2D eigenvalue weighted by atomic mass is 9.87. The minimum absolute atomic E-state index is 0.0636. The highest BCUT2D eigenvalue weighted by atomic mass is 32.2. The standard InChI is InChI=1S/C48H69S.C38H51S/c1-4-10-16-22-40(23-17-11-5-1)43-28-34-46(35-29-43)49(47-36-30-44(31-37-47)41-24-18-12-6-2-7-13-19-25-41)48-38-32-45(33-39-48)42-26-20-14-8-3-9-15-21-27-42;1-3-7-12-18-32(19-13-8-4-1)34-24-28-37(29-25-34)39(36-22-16-11-17-23-36)38-30-26-35(27-31-38)33-20-14-9-5-2-6-10-15-21-33/h28-42H,1-27H2;11,16-17,22-33H,1-10,12-15,18-21H2/q2*+1. The molecule has 0 heterocycles. The molecule has 5 aliphatic carbocycles. The Morgan fingerprint density at radius 1 is 0.148 bits per heavy atom. The Morgan fingerprint density at radius 2 is 0.284 bits per heavy atom. The second kappa shape index (κ2) is 38.8. The van der Waals surface area contributed by atoms with Gasteiger partial charge in [-0.3, -0.25) is 0 Å². The third-order valence-corrected chi connectivity index (χ3v) is 26.4. The molecule has 0 radical (unpaired) electrons. The summed E-state index contributed by atoms with van der Waals surface area (Å²) in [5.41, 5.74) is 7.91. The third-order valence-electron chi connectivity index (χ3n) is 21.9. The smallest absolute Gasteiger partial charge is 0.0619 e. The van der Waals surface area contributed by atoms with Gasteiger partial charge in [0.15, 0.2) is 29.4 Å². The summed E-state index contributed by atoms with van der Waals surface area (Å²) in [7, 11) is -0.152. The summed E-state index contributed by atoms with van der Waals surface area (Å²) >= 11 is 0. The van der Waals surface area contributed by atoms with Crippen molar-refractivity contribution in [3.8, 4) is 0 Å². The average molecular weight is 1220 g/mol. The molecule has 0 aliphatic heterocycles. The van der Waals surface area contributed by atoms with E-state index in [1.807, 2.05) is 0 Å². The van der Waals surface area contributed by atoms with Gasteiger partial charge in [0.25, 0.3) is 0 Å². The van der Waals surface area contributed by atoms with Gasteiger partial charge in [-0.2, -0.15) is 0 Å². The van der Waals surface area contributed by atoms with Crippen LogP contribution >= 0.6 is 0 Å². The first-order valence-corrected chi connectivity index (χ1v) is 40.2. The predicted octanol–water partition coefficient (Wildman–Crippen LogP) is 27.6. The van der Waals surface area contributed by atoms with Crippen molar-refractivity contribution in [2.75, 3.05) is 0 Å². The fraction of sp³-hybridized carbons (Fsp3) is 0.581. The van der Waals surface area contributed by atoms with E-state index in [2.05, 4.69) is 152 Å². The van der Waals surface area contributed by atoms with Gasteiger partial charge in [0.1, 0.15) is 0 Å². The lowest BCUT2D eigenvalue weighted by molar-refractivity contribution is 0.462. The molecule has 2 heteroatoms. The van der Waals surface area contributed by atoms with Gasteiger partial charge >= 0.3 is 0 Å². The maximum atomic E-state index is 2.52. The Bertz CT molecular complexity index is 2470. The van der Waals surface area contributed by atoms with Crippen LogP contribution in [0, 0.1) is 0 Å². The molecular formula is C86H120S2+2. The van der Waals surface area contributed by atoms with Crippen molar-refractivity contribution in [1.29, 1.82) is 0 Å². The summed E-state index contributed by atoms with van der Waals surface area (Å²) in [5.74, 6) is 3.70. The second-order valence-electron chi connectivity index (χ2n) is 28.5. The Hall–Kier alpha value is -3.98. The maximum absolute atomic E-state index is 2.52. The van der Waals surface area contributed by atoms with Crippen LogP contribution in [0.5, 0.6) is 0 Å². The lowest BCUT2D eigenvalue weighted by Crippen LogP contribution is -2.08. The molecule has 0 spiro atoms. The molecule has 0 bridgehead atoms. The molecule has 0 atom stereocenters. The molecule has 0 unspecified atom stereocenters. The Kier molecular flexibility index (Phi) is 29.5. The fourth-order valence-corrected chi connectivity index (χ4v) is 20.6. The number of rotatable bonds is 11. The zero-order valence-electron chi connectivity index (χ0n) is 55.5. The zero-order chi connectivity index (χ0) is 59.9. The molecule has 5 fully saturated rings. The normalized spacial score (nSPS) is 20.5. The Labute approximate surface area is 545 Å². The van der Waals surface area contributed by atoms with Gasteiger partial charge < -0.3 is 0 Å². The highest BCUT2D eigenvalue weighted by molar-refractivity contribution is 7.97. The second-order valence-corrected chi connectivity index (χ2v) is 32.6. The van der Waals surface area contributed by atoms with Gasteiger partial charge in [0.05, 0.1) is 21.8 Å². The van der Waals surface area contributed by atoms with Crippen LogP contribution in [0.15, 0.2) is 181 Å². The summed E-state index contributed by atoms with van der Waals surface area (Å²) in [6.45, 7) is 0. The van der Waals surface area contributed by atoms with E-state index in [-0.39, 0.29) is 21.8 Å². The van der Waals surface area contributed by atoms with E-state index in [4.69, 9.17) is 0 Å². The topological polar surface area (TPSA) is 0 Å². The number of hydrogen-bond donors (Lipinski definition) is 0. The fourth-order valence-electron chi connectivity index (χ4n) is 16.5. The predicted molar refractivity (Wildman–Crippen MR) is 384 cm³/mol. The molecule has 474 valence electrons. The van der Waals surface area contributed by atoms with Crippen LogP contribution in [0.25, 0.3) is 0 Å². The van der Waals surface area contributed by atoms with Crippen LogP contribution in [0.4, 0.5) is 0 Å². The van der Waals surface area contributed by atoms with E-state index in [9.17, 15) is 0 Å². The molecule has 88 heavy (non-hydrogen) atoms. The minimum Gasteiger partial charge on any atom is -0.0619 e. The molecule has 0 N–H and O–H groups in total. The molecule has 11 rings (SSSR count). The van der Waals surface area contributed by atoms with Crippen molar-refractivity contribution in [1.82, 2.24) is 0 Å². The summed E-state index contributed by atoms with van der Waals surface area (Å²) in [4.78, 5) is 8.80. The van der Waals surface area contributed by atoms with Crippen LogP contribution in [-0.2, 0) is 21.8 Å². The largest absolute Gasteiger partial charge is 0.166 e. The van der Waals surface area contributed by atoms with Crippen molar-refractivity contribution >= 4 is 21.8 Å². The van der Waals surface area contributed by atoms with Gasteiger partial charge in [-0.15, -0.1) is 0 Å². The zero-order valence-corrected chi connectivity index (χ0v) is 57.1. The molecule has 5 aliphatic rings. The molecule has 6 aromatic rings. The molecule has 0 nitrogen and oxygen atoms in total. The van der Waals surface area contributed by atoms with Crippen molar-refractivity contribution in [2.24, 2.45) is 0 Å². The number of benzene rings is 6. The highest BCUT2D eigenvalue weighted by Gasteiger charge is 2.32.